The summed E-state index contributed by atoms with van der Waals surface area (Å²) < 4.78 is 10.9. The third kappa shape index (κ3) is 6.54. The molecule has 0 aliphatic carbocycles. The molecule has 2 saturated heterocycles. The standard InChI is InChI=1S/C27H33N5O3/c33-27(28-18-21-6-8-22(9-7-21)19-32-14-16-34-17-15-32)24-10-12-31(13-11-24)20-25-29-26(30-35-25)23-4-2-1-3-5-23/h1-9,24H,10-20H2,(H,28,33). The summed E-state index contributed by atoms with van der Waals surface area (Å²) in [5.41, 5.74) is 3.38. The van der Waals surface area contributed by atoms with Crippen LogP contribution in [0.2, 0.25) is 0 Å². The van der Waals surface area contributed by atoms with Gasteiger partial charge < -0.3 is 14.6 Å². The van der Waals surface area contributed by atoms with Gasteiger partial charge in [-0.05, 0) is 37.1 Å². The van der Waals surface area contributed by atoms with E-state index in [0.717, 1.165) is 69.9 Å². The Kier molecular flexibility index (Phi) is 7.82. The normalized spacial score (nSPS) is 17.9. The van der Waals surface area contributed by atoms with E-state index in [4.69, 9.17) is 9.26 Å². The minimum atomic E-state index is 0.0504. The van der Waals surface area contributed by atoms with Gasteiger partial charge in [0.25, 0.3) is 0 Å². The molecule has 3 aromatic rings. The first-order valence-electron chi connectivity index (χ1n) is 12.5. The van der Waals surface area contributed by atoms with E-state index in [0.29, 0.717) is 24.8 Å². The molecule has 35 heavy (non-hydrogen) atoms. The second-order valence-electron chi connectivity index (χ2n) is 9.35. The summed E-state index contributed by atoms with van der Waals surface area (Å²) in [5, 5.41) is 7.23. The van der Waals surface area contributed by atoms with Gasteiger partial charge in [0.05, 0.1) is 19.8 Å². The van der Waals surface area contributed by atoms with E-state index in [-0.39, 0.29) is 11.8 Å². The van der Waals surface area contributed by atoms with Crippen molar-refractivity contribution in [2.24, 2.45) is 5.92 Å². The molecule has 0 unspecified atom stereocenters. The zero-order valence-electron chi connectivity index (χ0n) is 20.1. The van der Waals surface area contributed by atoms with Gasteiger partial charge in [-0.15, -0.1) is 0 Å². The average molecular weight is 476 g/mol. The van der Waals surface area contributed by atoms with Crippen molar-refractivity contribution >= 4 is 5.91 Å². The van der Waals surface area contributed by atoms with Crippen molar-refractivity contribution in [2.45, 2.75) is 32.5 Å². The molecule has 2 aliphatic rings. The Bertz CT molecular complexity index is 1070. The van der Waals surface area contributed by atoms with Crippen molar-refractivity contribution in [2.75, 3.05) is 39.4 Å². The van der Waals surface area contributed by atoms with Crippen molar-refractivity contribution in [3.05, 3.63) is 71.6 Å². The molecular weight excluding hydrogens is 442 g/mol. The molecule has 0 atom stereocenters. The minimum absolute atomic E-state index is 0.0504. The maximum Gasteiger partial charge on any atom is 0.241 e. The van der Waals surface area contributed by atoms with E-state index in [1.807, 2.05) is 30.3 Å². The van der Waals surface area contributed by atoms with E-state index in [1.54, 1.807) is 0 Å². The number of morpholine rings is 1. The number of likely N-dealkylation sites (tertiary alicyclic amines) is 1. The van der Waals surface area contributed by atoms with Crippen LogP contribution < -0.4 is 5.32 Å². The molecule has 184 valence electrons. The molecule has 0 radical (unpaired) electrons. The predicted molar refractivity (Wildman–Crippen MR) is 132 cm³/mol. The Hall–Kier alpha value is -3.07. The van der Waals surface area contributed by atoms with E-state index >= 15 is 0 Å². The lowest BCUT2D eigenvalue weighted by Gasteiger charge is -2.30. The van der Waals surface area contributed by atoms with Crippen LogP contribution in [-0.2, 0) is 29.2 Å². The number of nitrogens with one attached hydrogen (secondary N) is 1. The maximum absolute atomic E-state index is 12.7. The fraction of sp³-hybridized carbons (Fsp3) is 0.444. The van der Waals surface area contributed by atoms with Gasteiger partial charge in [0.1, 0.15) is 0 Å². The van der Waals surface area contributed by atoms with Crippen LogP contribution in [0.25, 0.3) is 11.4 Å². The number of amides is 1. The number of rotatable bonds is 8. The Balaban J connectivity index is 1.03. The maximum atomic E-state index is 12.7. The third-order valence-electron chi connectivity index (χ3n) is 6.82. The van der Waals surface area contributed by atoms with Crippen LogP contribution in [0.5, 0.6) is 0 Å². The zero-order valence-corrected chi connectivity index (χ0v) is 20.1. The first-order valence-corrected chi connectivity index (χ1v) is 12.5. The molecule has 2 aromatic carbocycles. The van der Waals surface area contributed by atoms with Crippen LogP contribution in [0.15, 0.2) is 59.1 Å². The molecular formula is C27H33N5O3. The summed E-state index contributed by atoms with van der Waals surface area (Å²) >= 11 is 0. The van der Waals surface area contributed by atoms with Crippen LogP contribution in [0.4, 0.5) is 0 Å². The summed E-state index contributed by atoms with van der Waals surface area (Å²) in [6.45, 7) is 7.43. The van der Waals surface area contributed by atoms with Crippen molar-refractivity contribution in [3.63, 3.8) is 0 Å². The first kappa shape index (κ1) is 23.7. The van der Waals surface area contributed by atoms with Crippen molar-refractivity contribution < 1.29 is 14.1 Å². The highest BCUT2D eigenvalue weighted by Gasteiger charge is 2.26. The van der Waals surface area contributed by atoms with Crippen molar-refractivity contribution in [3.8, 4) is 11.4 Å². The summed E-state index contributed by atoms with van der Waals surface area (Å²) in [6, 6.07) is 18.4. The van der Waals surface area contributed by atoms with Crippen LogP contribution >= 0.6 is 0 Å². The highest BCUT2D eigenvalue weighted by Crippen LogP contribution is 2.21. The first-order chi connectivity index (χ1) is 17.2. The number of carbonyl (C=O) groups is 1. The third-order valence-corrected chi connectivity index (χ3v) is 6.82. The topological polar surface area (TPSA) is 83.7 Å². The fourth-order valence-corrected chi connectivity index (χ4v) is 4.68. The molecule has 1 aromatic heterocycles. The quantitative estimate of drug-likeness (QED) is 0.536. The van der Waals surface area contributed by atoms with Crippen LogP contribution in [0.3, 0.4) is 0 Å². The van der Waals surface area contributed by atoms with Gasteiger partial charge in [-0.2, -0.15) is 4.98 Å². The lowest BCUT2D eigenvalue weighted by molar-refractivity contribution is -0.126. The molecule has 0 bridgehead atoms. The molecule has 3 heterocycles. The van der Waals surface area contributed by atoms with Gasteiger partial charge in [-0.1, -0.05) is 59.8 Å². The number of ether oxygens (including phenoxy) is 1. The Morgan fingerprint density at radius 2 is 1.57 bits per heavy atom. The van der Waals surface area contributed by atoms with Crippen LogP contribution in [0.1, 0.15) is 29.9 Å². The molecule has 2 fully saturated rings. The number of piperidine rings is 1. The van der Waals surface area contributed by atoms with E-state index in [2.05, 4.69) is 49.5 Å². The second-order valence-corrected chi connectivity index (χ2v) is 9.35. The number of aromatic nitrogens is 2. The Labute approximate surface area is 206 Å². The van der Waals surface area contributed by atoms with Crippen LogP contribution in [0, 0.1) is 5.92 Å². The lowest BCUT2D eigenvalue weighted by Crippen LogP contribution is -2.40. The van der Waals surface area contributed by atoms with E-state index in [1.165, 1.54) is 5.56 Å². The highest BCUT2D eigenvalue weighted by atomic mass is 16.5. The molecule has 2 aliphatic heterocycles. The number of benzene rings is 2. The van der Waals surface area contributed by atoms with Gasteiger partial charge in [0, 0.05) is 37.7 Å². The molecule has 1 amide bonds. The largest absolute Gasteiger partial charge is 0.379 e. The van der Waals surface area contributed by atoms with Gasteiger partial charge in [-0.25, -0.2) is 0 Å². The second kappa shape index (κ2) is 11.6. The number of carbonyl (C=O) groups excluding carboxylic acids is 1. The summed E-state index contributed by atoms with van der Waals surface area (Å²) in [5.74, 6) is 1.42. The van der Waals surface area contributed by atoms with Gasteiger partial charge in [-0.3, -0.25) is 14.6 Å². The molecule has 1 N–H and O–H groups in total. The monoisotopic (exact) mass is 475 g/mol. The number of hydrogen-bond acceptors (Lipinski definition) is 7. The Morgan fingerprint density at radius 3 is 2.31 bits per heavy atom. The highest BCUT2D eigenvalue weighted by molar-refractivity contribution is 5.78. The minimum Gasteiger partial charge on any atom is -0.379 e. The van der Waals surface area contributed by atoms with E-state index in [9.17, 15) is 4.79 Å². The zero-order chi connectivity index (χ0) is 23.9. The number of nitrogens with zero attached hydrogens (tertiary/aromatic N) is 4. The summed E-state index contributed by atoms with van der Waals surface area (Å²) in [7, 11) is 0. The van der Waals surface area contributed by atoms with Gasteiger partial charge >= 0.3 is 0 Å². The Morgan fingerprint density at radius 1 is 0.886 bits per heavy atom. The summed E-state index contributed by atoms with van der Waals surface area (Å²) in [6.07, 6.45) is 1.67. The van der Waals surface area contributed by atoms with Crippen molar-refractivity contribution in [1.82, 2.24) is 25.3 Å². The SMILES string of the molecule is O=C(NCc1ccc(CN2CCOCC2)cc1)C1CCN(Cc2nc(-c3ccccc3)no2)CC1. The number of hydrogen-bond donors (Lipinski definition) is 1. The van der Waals surface area contributed by atoms with Gasteiger partial charge in [0.15, 0.2) is 0 Å². The predicted octanol–water partition coefficient (Wildman–Crippen LogP) is 3.10. The molecule has 8 heteroatoms. The molecule has 5 rings (SSSR count). The molecule has 8 nitrogen and oxygen atoms in total. The summed E-state index contributed by atoms with van der Waals surface area (Å²) in [4.78, 5) is 21.9. The smallest absolute Gasteiger partial charge is 0.241 e. The van der Waals surface area contributed by atoms with Crippen molar-refractivity contribution in [1.29, 1.82) is 0 Å². The van der Waals surface area contributed by atoms with Crippen LogP contribution in [-0.4, -0.2) is 65.2 Å². The molecule has 0 spiro atoms. The fourth-order valence-electron chi connectivity index (χ4n) is 4.68. The van der Waals surface area contributed by atoms with Gasteiger partial charge in [0.2, 0.25) is 17.6 Å². The molecule has 0 saturated carbocycles. The average Bonchev–Trinajstić information content (AvgIpc) is 3.38. The van der Waals surface area contributed by atoms with E-state index < -0.39 is 0 Å². The lowest BCUT2D eigenvalue weighted by atomic mass is 9.96.